The number of carbonyl (C=O) groups excluding carboxylic acids is 1. The molecule has 1 aromatic carbocycles. The van der Waals surface area contributed by atoms with E-state index in [9.17, 15) is 9.18 Å². The Kier molecular flexibility index (Phi) is 5.31. The molecule has 0 aliphatic carbocycles. The first-order valence-electron chi connectivity index (χ1n) is 8.13. The van der Waals surface area contributed by atoms with Gasteiger partial charge in [-0.25, -0.2) is 9.37 Å². The highest BCUT2D eigenvalue weighted by molar-refractivity contribution is 5.92. The fourth-order valence-electron chi connectivity index (χ4n) is 2.90. The summed E-state index contributed by atoms with van der Waals surface area (Å²) in [7, 11) is 0. The van der Waals surface area contributed by atoms with Crippen molar-refractivity contribution < 1.29 is 9.18 Å². The van der Waals surface area contributed by atoms with Crippen molar-refractivity contribution >= 4 is 5.91 Å². The monoisotopic (exact) mass is 339 g/mol. The van der Waals surface area contributed by atoms with Gasteiger partial charge >= 0.3 is 0 Å². The van der Waals surface area contributed by atoms with E-state index in [-0.39, 0.29) is 17.8 Å². The fourth-order valence-corrected chi connectivity index (χ4v) is 2.90. The van der Waals surface area contributed by atoms with Crippen LogP contribution in [0.3, 0.4) is 0 Å². The number of benzene rings is 1. The quantitative estimate of drug-likeness (QED) is 0.920. The first kappa shape index (κ1) is 17.0. The van der Waals surface area contributed by atoms with Gasteiger partial charge in [0.25, 0.3) is 5.91 Å². The van der Waals surface area contributed by atoms with Crippen molar-refractivity contribution in [3.63, 3.8) is 0 Å². The van der Waals surface area contributed by atoms with Crippen LogP contribution >= 0.6 is 0 Å². The maximum absolute atomic E-state index is 14.0. The van der Waals surface area contributed by atoms with Gasteiger partial charge in [0.1, 0.15) is 11.5 Å². The predicted molar refractivity (Wildman–Crippen MR) is 88.9 cm³/mol. The number of piperidine rings is 1. The lowest BCUT2D eigenvalue weighted by Gasteiger charge is -2.32. The second kappa shape index (κ2) is 7.81. The molecule has 2 heterocycles. The molecule has 6 nitrogen and oxygen atoms in total. The van der Waals surface area contributed by atoms with E-state index in [0.29, 0.717) is 23.4 Å². The van der Waals surface area contributed by atoms with E-state index in [0.717, 1.165) is 25.9 Å². The number of carbonyl (C=O) groups is 1. The summed E-state index contributed by atoms with van der Waals surface area (Å²) in [6.07, 6.45) is 6.05. The SMILES string of the molecule is N#Cc1ccc(CN2CCC(NC(=O)c3cnccn3)CC2)c(F)c1. The Bertz CT molecular complexity index is 782. The summed E-state index contributed by atoms with van der Waals surface area (Å²) in [6, 6.07) is 6.57. The third-order valence-electron chi connectivity index (χ3n) is 4.29. The number of nitrogens with zero attached hydrogens (tertiary/aromatic N) is 4. The van der Waals surface area contributed by atoms with Crippen LogP contribution in [-0.2, 0) is 6.54 Å². The molecule has 1 aromatic heterocycles. The van der Waals surface area contributed by atoms with Crippen LogP contribution in [0.1, 0.15) is 34.5 Å². The van der Waals surface area contributed by atoms with Gasteiger partial charge in [0.15, 0.2) is 0 Å². The molecule has 0 bridgehead atoms. The fraction of sp³-hybridized carbons (Fsp3) is 0.333. The number of amides is 1. The summed E-state index contributed by atoms with van der Waals surface area (Å²) in [6.45, 7) is 2.04. The Morgan fingerprint density at radius 3 is 2.80 bits per heavy atom. The van der Waals surface area contributed by atoms with E-state index >= 15 is 0 Å². The first-order valence-corrected chi connectivity index (χ1v) is 8.13. The number of aromatic nitrogens is 2. The Hall–Kier alpha value is -2.85. The highest BCUT2D eigenvalue weighted by Crippen LogP contribution is 2.17. The average Bonchev–Trinajstić information content (AvgIpc) is 2.65. The molecule has 0 atom stereocenters. The van der Waals surface area contributed by atoms with Crippen molar-refractivity contribution in [2.75, 3.05) is 13.1 Å². The van der Waals surface area contributed by atoms with Crippen molar-refractivity contribution in [1.29, 1.82) is 5.26 Å². The maximum atomic E-state index is 14.0. The van der Waals surface area contributed by atoms with Crippen molar-refractivity contribution in [3.05, 3.63) is 59.4 Å². The Labute approximate surface area is 145 Å². The van der Waals surface area contributed by atoms with Gasteiger partial charge in [-0.2, -0.15) is 5.26 Å². The molecule has 0 spiro atoms. The lowest BCUT2D eigenvalue weighted by molar-refractivity contribution is 0.0903. The molecule has 128 valence electrons. The molecular formula is C18H18FN5O. The summed E-state index contributed by atoms with van der Waals surface area (Å²) >= 11 is 0. The molecule has 2 aromatic rings. The topological polar surface area (TPSA) is 81.9 Å². The van der Waals surface area contributed by atoms with Crippen LogP contribution in [0.25, 0.3) is 0 Å². The lowest BCUT2D eigenvalue weighted by Crippen LogP contribution is -2.44. The van der Waals surface area contributed by atoms with Crippen LogP contribution in [0.4, 0.5) is 4.39 Å². The number of rotatable bonds is 4. The van der Waals surface area contributed by atoms with Crippen molar-refractivity contribution in [2.45, 2.75) is 25.4 Å². The molecule has 1 N–H and O–H groups in total. The van der Waals surface area contributed by atoms with E-state index < -0.39 is 0 Å². The zero-order valence-corrected chi connectivity index (χ0v) is 13.7. The van der Waals surface area contributed by atoms with Crippen LogP contribution in [0.2, 0.25) is 0 Å². The van der Waals surface area contributed by atoms with E-state index in [1.54, 1.807) is 12.1 Å². The lowest BCUT2D eigenvalue weighted by atomic mass is 10.0. The van der Waals surface area contributed by atoms with Gasteiger partial charge in [-0.05, 0) is 25.0 Å². The minimum Gasteiger partial charge on any atom is -0.348 e. The summed E-state index contributed by atoms with van der Waals surface area (Å²) in [5.74, 6) is -0.568. The van der Waals surface area contributed by atoms with Gasteiger partial charge in [-0.15, -0.1) is 0 Å². The van der Waals surface area contributed by atoms with Gasteiger partial charge in [0.05, 0.1) is 17.8 Å². The molecule has 1 saturated heterocycles. The molecule has 0 radical (unpaired) electrons. The largest absolute Gasteiger partial charge is 0.348 e. The normalized spacial score (nSPS) is 15.5. The molecular weight excluding hydrogens is 321 g/mol. The van der Waals surface area contributed by atoms with Crippen LogP contribution in [0.15, 0.2) is 36.8 Å². The molecule has 1 fully saturated rings. The van der Waals surface area contributed by atoms with E-state index in [2.05, 4.69) is 20.2 Å². The van der Waals surface area contributed by atoms with Crippen LogP contribution in [-0.4, -0.2) is 39.9 Å². The van der Waals surface area contributed by atoms with E-state index in [1.807, 2.05) is 6.07 Å². The number of nitrogens with one attached hydrogen (secondary N) is 1. The Morgan fingerprint density at radius 2 is 2.16 bits per heavy atom. The molecule has 7 heteroatoms. The van der Waals surface area contributed by atoms with E-state index in [4.69, 9.17) is 5.26 Å². The van der Waals surface area contributed by atoms with Crippen LogP contribution in [0.5, 0.6) is 0 Å². The van der Waals surface area contributed by atoms with Crippen LogP contribution < -0.4 is 5.32 Å². The summed E-state index contributed by atoms with van der Waals surface area (Å²) in [5, 5.41) is 11.8. The Morgan fingerprint density at radius 1 is 1.36 bits per heavy atom. The van der Waals surface area contributed by atoms with Gasteiger partial charge < -0.3 is 5.32 Å². The zero-order valence-electron chi connectivity index (χ0n) is 13.7. The molecule has 25 heavy (non-hydrogen) atoms. The number of halogens is 1. The highest BCUT2D eigenvalue weighted by Gasteiger charge is 2.22. The minimum atomic E-state index is -0.350. The van der Waals surface area contributed by atoms with Crippen LogP contribution in [0, 0.1) is 17.1 Å². The second-order valence-electron chi connectivity index (χ2n) is 6.03. The second-order valence-corrected chi connectivity index (χ2v) is 6.03. The third kappa shape index (κ3) is 4.37. The molecule has 1 aliphatic heterocycles. The standard InChI is InChI=1S/C18H18FN5O/c19-16-9-13(10-20)1-2-14(16)12-24-7-3-15(4-8-24)23-18(25)17-11-21-5-6-22-17/h1-2,5-6,9,11,15H,3-4,7-8,12H2,(H,23,25). The van der Waals surface area contributed by atoms with Gasteiger partial charge in [-0.1, -0.05) is 6.07 Å². The van der Waals surface area contributed by atoms with Gasteiger partial charge in [-0.3, -0.25) is 14.7 Å². The van der Waals surface area contributed by atoms with Crippen molar-refractivity contribution in [3.8, 4) is 6.07 Å². The zero-order chi connectivity index (χ0) is 17.6. The van der Waals surface area contributed by atoms with Gasteiger partial charge in [0, 0.05) is 43.6 Å². The van der Waals surface area contributed by atoms with Gasteiger partial charge in [0.2, 0.25) is 0 Å². The predicted octanol–water partition coefficient (Wildman–Crippen LogP) is 1.88. The number of hydrogen-bond donors (Lipinski definition) is 1. The summed E-state index contributed by atoms with van der Waals surface area (Å²) < 4.78 is 14.0. The van der Waals surface area contributed by atoms with Crippen molar-refractivity contribution in [1.82, 2.24) is 20.2 Å². The van der Waals surface area contributed by atoms with E-state index in [1.165, 1.54) is 24.7 Å². The minimum absolute atomic E-state index is 0.0802. The maximum Gasteiger partial charge on any atom is 0.271 e. The van der Waals surface area contributed by atoms with Crippen molar-refractivity contribution in [2.24, 2.45) is 0 Å². The summed E-state index contributed by atoms with van der Waals surface area (Å²) in [5.41, 5.74) is 1.22. The highest BCUT2D eigenvalue weighted by atomic mass is 19.1. The molecule has 1 amide bonds. The summed E-state index contributed by atoms with van der Waals surface area (Å²) in [4.78, 5) is 22.1. The number of likely N-dealkylation sites (tertiary alicyclic amines) is 1. The number of hydrogen-bond acceptors (Lipinski definition) is 5. The average molecular weight is 339 g/mol. The Balaban J connectivity index is 1.51. The smallest absolute Gasteiger partial charge is 0.271 e. The first-order chi connectivity index (χ1) is 12.2. The molecule has 1 aliphatic rings. The third-order valence-corrected chi connectivity index (χ3v) is 4.29. The molecule has 0 saturated carbocycles. The molecule has 0 unspecified atom stereocenters. The number of nitriles is 1. The molecule has 3 rings (SSSR count).